The van der Waals surface area contributed by atoms with E-state index in [0.29, 0.717) is 0 Å². The molecule has 0 bridgehead atoms. The normalized spacial score (nSPS) is 11.5. The number of rotatable bonds is 5. The Hall–Kier alpha value is -0.990. The first-order chi connectivity index (χ1) is 6.21. The molecule has 3 heteroatoms. The van der Waals surface area contributed by atoms with Gasteiger partial charge in [-0.25, -0.2) is 0 Å². The third-order valence-corrected chi connectivity index (χ3v) is 2.05. The Morgan fingerprint density at radius 2 is 1.85 bits per heavy atom. The van der Waals surface area contributed by atoms with Crippen LogP contribution >= 0.6 is 0 Å². The number of nitrogens with zero attached hydrogens (tertiary/aromatic N) is 1. The van der Waals surface area contributed by atoms with Crippen molar-refractivity contribution in [2.75, 3.05) is 13.1 Å². The number of carbonyl (C=O) groups excluding carboxylic acids is 1. The molecule has 0 spiro atoms. The zero-order valence-electron chi connectivity index (χ0n) is 8.84. The summed E-state index contributed by atoms with van der Waals surface area (Å²) in [6.07, 6.45) is 3.16. The quantitative estimate of drug-likeness (QED) is 0.658. The van der Waals surface area contributed by atoms with Gasteiger partial charge in [0.15, 0.2) is 0 Å². The minimum atomic E-state index is 0.0781. The summed E-state index contributed by atoms with van der Waals surface area (Å²) in [5.41, 5.74) is 6.13. The lowest BCUT2D eigenvalue weighted by atomic mass is 10.1. The second kappa shape index (κ2) is 6.52. The largest absolute Gasteiger partial charge is 0.404 e. The van der Waals surface area contributed by atoms with E-state index in [4.69, 9.17) is 5.73 Å². The fourth-order valence-corrected chi connectivity index (χ4v) is 1.24. The average molecular weight is 184 g/mol. The van der Waals surface area contributed by atoms with Crippen molar-refractivity contribution in [1.82, 2.24) is 4.90 Å². The third kappa shape index (κ3) is 3.49. The summed E-state index contributed by atoms with van der Waals surface area (Å²) >= 11 is 0. The van der Waals surface area contributed by atoms with Gasteiger partial charge in [-0.05, 0) is 20.3 Å². The predicted octanol–water partition coefficient (Wildman–Crippen LogP) is 1.50. The number of hydrogen-bond acceptors (Lipinski definition) is 2. The number of amides is 1. The van der Waals surface area contributed by atoms with Crippen molar-refractivity contribution in [3.05, 3.63) is 11.8 Å². The van der Waals surface area contributed by atoms with Crippen molar-refractivity contribution in [1.29, 1.82) is 0 Å². The molecular formula is C10H20N2O. The van der Waals surface area contributed by atoms with Crippen LogP contribution in [0.4, 0.5) is 0 Å². The van der Waals surface area contributed by atoms with E-state index in [1.807, 2.05) is 20.8 Å². The molecule has 0 rings (SSSR count). The molecule has 0 saturated carbocycles. The van der Waals surface area contributed by atoms with E-state index >= 15 is 0 Å². The van der Waals surface area contributed by atoms with Gasteiger partial charge >= 0.3 is 0 Å². The fraction of sp³-hybridized carbons (Fsp3) is 0.700. The van der Waals surface area contributed by atoms with Crippen LogP contribution in [0.15, 0.2) is 11.8 Å². The molecule has 0 aromatic carbocycles. The van der Waals surface area contributed by atoms with Crippen molar-refractivity contribution in [2.45, 2.75) is 33.6 Å². The first-order valence-corrected chi connectivity index (χ1v) is 4.91. The standard InChI is InChI=1S/C10H20N2O/c1-4-7-9(8-11)10(13)12(5-2)6-3/h8H,4-7,11H2,1-3H3. The maximum Gasteiger partial charge on any atom is 0.251 e. The highest BCUT2D eigenvalue weighted by atomic mass is 16.2. The Bertz CT molecular complexity index is 183. The van der Waals surface area contributed by atoms with Gasteiger partial charge in [-0.3, -0.25) is 4.79 Å². The van der Waals surface area contributed by atoms with E-state index < -0.39 is 0 Å². The Morgan fingerprint density at radius 1 is 1.31 bits per heavy atom. The van der Waals surface area contributed by atoms with Gasteiger partial charge in [-0.2, -0.15) is 0 Å². The van der Waals surface area contributed by atoms with E-state index in [9.17, 15) is 4.79 Å². The smallest absolute Gasteiger partial charge is 0.251 e. The molecule has 0 aliphatic heterocycles. The minimum absolute atomic E-state index is 0.0781. The van der Waals surface area contributed by atoms with Crippen LogP contribution in [0.1, 0.15) is 33.6 Å². The molecule has 13 heavy (non-hydrogen) atoms. The molecular weight excluding hydrogens is 164 g/mol. The van der Waals surface area contributed by atoms with Crippen LogP contribution < -0.4 is 5.73 Å². The summed E-state index contributed by atoms with van der Waals surface area (Å²) in [5, 5.41) is 0. The second-order valence-corrected chi connectivity index (χ2v) is 2.92. The van der Waals surface area contributed by atoms with Crippen LogP contribution in [-0.2, 0) is 4.79 Å². The summed E-state index contributed by atoms with van der Waals surface area (Å²) in [7, 11) is 0. The summed E-state index contributed by atoms with van der Waals surface area (Å²) in [6.45, 7) is 7.48. The maximum absolute atomic E-state index is 11.7. The molecule has 0 fully saturated rings. The summed E-state index contributed by atoms with van der Waals surface area (Å²) in [5.74, 6) is 0.0781. The zero-order chi connectivity index (χ0) is 10.3. The number of hydrogen-bond donors (Lipinski definition) is 1. The molecule has 0 atom stereocenters. The summed E-state index contributed by atoms with van der Waals surface area (Å²) in [4.78, 5) is 13.5. The lowest BCUT2D eigenvalue weighted by Crippen LogP contribution is -2.32. The van der Waals surface area contributed by atoms with E-state index in [0.717, 1.165) is 31.5 Å². The molecule has 0 aliphatic rings. The van der Waals surface area contributed by atoms with Gasteiger partial charge in [-0.1, -0.05) is 13.3 Å². The molecule has 0 radical (unpaired) electrons. The van der Waals surface area contributed by atoms with Crippen LogP contribution in [0.3, 0.4) is 0 Å². The van der Waals surface area contributed by atoms with E-state index in [2.05, 4.69) is 0 Å². The zero-order valence-corrected chi connectivity index (χ0v) is 8.84. The van der Waals surface area contributed by atoms with Crippen LogP contribution in [0.2, 0.25) is 0 Å². The van der Waals surface area contributed by atoms with Gasteiger partial charge in [0.2, 0.25) is 0 Å². The van der Waals surface area contributed by atoms with Gasteiger partial charge < -0.3 is 10.6 Å². The molecule has 0 saturated heterocycles. The third-order valence-electron chi connectivity index (χ3n) is 2.05. The molecule has 0 aromatic rings. The van der Waals surface area contributed by atoms with Crippen LogP contribution in [-0.4, -0.2) is 23.9 Å². The molecule has 0 heterocycles. The van der Waals surface area contributed by atoms with Crippen LogP contribution in [0, 0.1) is 0 Å². The molecule has 0 aliphatic carbocycles. The monoisotopic (exact) mass is 184 g/mol. The first-order valence-electron chi connectivity index (χ1n) is 4.91. The Balaban J connectivity index is 4.35. The lowest BCUT2D eigenvalue weighted by Gasteiger charge is -2.19. The number of carbonyl (C=O) groups is 1. The SMILES string of the molecule is CCCC(=CN)C(=O)N(CC)CC. The first kappa shape index (κ1) is 12.0. The predicted molar refractivity (Wildman–Crippen MR) is 55.1 cm³/mol. The van der Waals surface area contributed by atoms with Gasteiger partial charge in [0.05, 0.1) is 0 Å². The van der Waals surface area contributed by atoms with Gasteiger partial charge in [0, 0.05) is 24.9 Å². The van der Waals surface area contributed by atoms with Crippen molar-refractivity contribution >= 4 is 5.91 Å². The van der Waals surface area contributed by atoms with Gasteiger partial charge in [0.25, 0.3) is 5.91 Å². The lowest BCUT2D eigenvalue weighted by molar-refractivity contribution is -0.126. The Labute approximate surface area is 80.6 Å². The molecule has 3 nitrogen and oxygen atoms in total. The molecule has 0 unspecified atom stereocenters. The number of likely N-dealkylation sites (N-methyl/N-ethyl adjacent to an activating group) is 1. The van der Waals surface area contributed by atoms with Gasteiger partial charge in [0.1, 0.15) is 0 Å². The highest BCUT2D eigenvalue weighted by Crippen LogP contribution is 2.07. The number of nitrogens with two attached hydrogens (primary N) is 1. The van der Waals surface area contributed by atoms with Crippen molar-refractivity contribution in [3.63, 3.8) is 0 Å². The summed E-state index contributed by atoms with van der Waals surface area (Å²) < 4.78 is 0. The van der Waals surface area contributed by atoms with Gasteiger partial charge in [-0.15, -0.1) is 0 Å². The molecule has 0 aromatic heterocycles. The second-order valence-electron chi connectivity index (χ2n) is 2.92. The van der Waals surface area contributed by atoms with E-state index in [-0.39, 0.29) is 5.91 Å². The highest BCUT2D eigenvalue weighted by Gasteiger charge is 2.13. The van der Waals surface area contributed by atoms with Crippen LogP contribution in [0.5, 0.6) is 0 Å². The van der Waals surface area contributed by atoms with Crippen LogP contribution in [0.25, 0.3) is 0 Å². The Morgan fingerprint density at radius 3 is 2.15 bits per heavy atom. The van der Waals surface area contributed by atoms with Crippen molar-refractivity contribution < 1.29 is 4.79 Å². The Kier molecular flexibility index (Phi) is 6.02. The molecule has 2 N–H and O–H groups in total. The topological polar surface area (TPSA) is 46.3 Å². The van der Waals surface area contributed by atoms with E-state index in [1.54, 1.807) is 4.90 Å². The maximum atomic E-state index is 11.7. The summed E-state index contributed by atoms with van der Waals surface area (Å²) in [6, 6.07) is 0. The van der Waals surface area contributed by atoms with E-state index in [1.165, 1.54) is 6.20 Å². The van der Waals surface area contributed by atoms with Crippen molar-refractivity contribution in [2.24, 2.45) is 5.73 Å². The van der Waals surface area contributed by atoms with Crippen molar-refractivity contribution in [3.8, 4) is 0 Å². The highest BCUT2D eigenvalue weighted by molar-refractivity contribution is 5.93. The minimum Gasteiger partial charge on any atom is -0.404 e. The average Bonchev–Trinajstić information content (AvgIpc) is 2.15. The molecule has 1 amide bonds. The fourth-order valence-electron chi connectivity index (χ4n) is 1.24. The molecule has 76 valence electrons.